The predicted octanol–water partition coefficient (Wildman–Crippen LogP) is 3.35. The molecule has 2 N–H and O–H groups in total. The Morgan fingerprint density at radius 3 is 2.74 bits per heavy atom. The Morgan fingerprint density at radius 2 is 2.05 bits per heavy atom. The standard InChI is InChI=1S/C14H22Cl2N2O/c1-18(8-4-10-19-2)9-7-13(17)11-5-3-6-12(15)14(11)16/h3,5-6,13H,4,7-10,17H2,1-2H3. The zero-order chi connectivity index (χ0) is 14.3. The highest BCUT2D eigenvalue weighted by molar-refractivity contribution is 6.42. The second kappa shape index (κ2) is 8.77. The number of methoxy groups -OCH3 is 1. The Kier molecular flexibility index (Phi) is 7.73. The van der Waals surface area contributed by atoms with Crippen LogP contribution in [0.5, 0.6) is 0 Å². The highest BCUT2D eigenvalue weighted by Crippen LogP contribution is 2.30. The van der Waals surface area contributed by atoms with Crippen LogP contribution in [0.1, 0.15) is 24.4 Å². The van der Waals surface area contributed by atoms with Crippen LogP contribution in [-0.2, 0) is 4.74 Å². The third-order valence-electron chi connectivity index (χ3n) is 3.09. The molecule has 0 aliphatic carbocycles. The fraction of sp³-hybridized carbons (Fsp3) is 0.571. The zero-order valence-electron chi connectivity index (χ0n) is 11.5. The molecule has 1 atom stereocenters. The summed E-state index contributed by atoms with van der Waals surface area (Å²) < 4.78 is 5.03. The second-order valence-corrected chi connectivity index (χ2v) is 5.47. The molecule has 0 aromatic heterocycles. The number of ether oxygens (including phenoxy) is 1. The molecule has 0 bridgehead atoms. The summed E-state index contributed by atoms with van der Waals surface area (Å²) in [6, 6.07) is 5.50. The van der Waals surface area contributed by atoms with Crippen LogP contribution in [0.4, 0.5) is 0 Å². The van der Waals surface area contributed by atoms with E-state index in [4.69, 9.17) is 33.7 Å². The van der Waals surface area contributed by atoms with Crippen molar-refractivity contribution < 1.29 is 4.74 Å². The van der Waals surface area contributed by atoms with E-state index in [0.717, 1.165) is 38.1 Å². The number of rotatable bonds is 8. The van der Waals surface area contributed by atoms with Crippen molar-refractivity contribution in [1.29, 1.82) is 0 Å². The Bertz CT molecular complexity index is 388. The van der Waals surface area contributed by atoms with Crippen LogP contribution in [-0.4, -0.2) is 38.8 Å². The lowest BCUT2D eigenvalue weighted by Gasteiger charge is -2.20. The molecule has 0 fully saturated rings. The Labute approximate surface area is 125 Å². The van der Waals surface area contributed by atoms with Gasteiger partial charge < -0.3 is 15.4 Å². The smallest absolute Gasteiger partial charge is 0.0640 e. The summed E-state index contributed by atoms with van der Waals surface area (Å²) >= 11 is 12.2. The summed E-state index contributed by atoms with van der Waals surface area (Å²) in [5.41, 5.74) is 7.09. The minimum absolute atomic E-state index is 0.0870. The van der Waals surface area contributed by atoms with Crippen LogP contribution in [0.2, 0.25) is 10.0 Å². The molecule has 5 heteroatoms. The van der Waals surface area contributed by atoms with E-state index < -0.39 is 0 Å². The van der Waals surface area contributed by atoms with Crippen LogP contribution >= 0.6 is 23.2 Å². The molecule has 0 amide bonds. The van der Waals surface area contributed by atoms with Crippen molar-refractivity contribution in [2.45, 2.75) is 18.9 Å². The summed E-state index contributed by atoms with van der Waals surface area (Å²) in [4.78, 5) is 2.25. The van der Waals surface area contributed by atoms with Gasteiger partial charge in [-0.05, 0) is 38.1 Å². The normalized spacial score (nSPS) is 12.9. The molecule has 1 unspecified atom stereocenters. The van der Waals surface area contributed by atoms with Crippen LogP contribution in [0.15, 0.2) is 18.2 Å². The number of halogens is 2. The van der Waals surface area contributed by atoms with Gasteiger partial charge in [-0.1, -0.05) is 35.3 Å². The molecule has 19 heavy (non-hydrogen) atoms. The van der Waals surface area contributed by atoms with E-state index in [2.05, 4.69) is 11.9 Å². The van der Waals surface area contributed by atoms with E-state index in [1.165, 1.54) is 0 Å². The average Bonchev–Trinajstić information content (AvgIpc) is 2.39. The minimum Gasteiger partial charge on any atom is -0.385 e. The average molecular weight is 305 g/mol. The molecular weight excluding hydrogens is 283 g/mol. The Hall–Kier alpha value is -0.320. The van der Waals surface area contributed by atoms with Gasteiger partial charge in [-0.15, -0.1) is 0 Å². The van der Waals surface area contributed by atoms with E-state index in [1.807, 2.05) is 12.1 Å². The Morgan fingerprint density at radius 1 is 1.32 bits per heavy atom. The van der Waals surface area contributed by atoms with Gasteiger partial charge in [0.05, 0.1) is 10.0 Å². The van der Waals surface area contributed by atoms with E-state index in [1.54, 1.807) is 13.2 Å². The monoisotopic (exact) mass is 304 g/mol. The molecule has 0 radical (unpaired) electrons. The zero-order valence-corrected chi connectivity index (χ0v) is 13.0. The number of hydrogen-bond donors (Lipinski definition) is 1. The van der Waals surface area contributed by atoms with Gasteiger partial charge in [0.2, 0.25) is 0 Å². The third-order valence-corrected chi connectivity index (χ3v) is 3.92. The molecule has 0 aliphatic heterocycles. The summed E-state index contributed by atoms with van der Waals surface area (Å²) in [5.74, 6) is 0. The van der Waals surface area contributed by atoms with Gasteiger partial charge in [-0.2, -0.15) is 0 Å². The second-order valence-electron chi connectivity index (χ2n) is 4.69. The van der Waals surface area contributed by atoms with Crippen molar-refractivity contribution in [2.75, 3.05) is 33.9 Å². The molecule has 1 aromatic rings. The van der Waals surface area contributed by atoms with Crippen molar-refractivity contribution in [3.8, 4) is 0 Å². The number of benzene rings is 1. The van der Waals surface area contributed by atoms with Crippen LogP contribution in [0.3, 0.4) is 0 Å². The summed E-state index contributed by atoms with van der Waals surface area (Å²) in [7, 11) is 3.80. The minimum atomic E-state index is -0.0870. The van der Waals surface area contributed by atoms with E-state index in [0.29, 0.717) is 10.0 Å². The van der Waals surface area contributed by atoms with Crippen molar-refractivity contribution in [1.82, 2.24) is 4.90 Å². The van der Waals surface area contributed by atoms with Crippen LogP contribution in [0, 0.1) is 0 Å². The fourth-order valence-electron chi connectivity index (χ4n) is 1.91. The highest BCUT2D eigenvalue weighted by Gasteiger charge is 2.12. The van der Waals surface area contributed by atoms with Crippen molar-refractivity contribution in [3.63, 3.8) is 0 Å². The lowest BCUT2D eigenvalue weighted by molar-refractivity contribution is 0.178. The first-order chi connectivity index (χ1) is 9.06. The topological polar surface area (TPSA) is 38.5 Å². The molecule has 0 saturated carbocycles. The fourth-order valence-corrected chi connectivity index (χ4v) is 2.36. The van der Waals surface area contributed by atoms with Crippen LogP contribution in [0.25, 0.3) is 0 Å². The quantitative estimate of drug-likeness (QED) is 0.749. The van der Waals surface area contributed by atoms with Gasteiger partial charge in [0.1, 0.15) is 0 Å². The van der Waals surface area contributed by atoms with Gasteiger partial charge in [-0.3, -0.25) is 0 Å². The van der Waals surface area contributed by atoms with E-state index in [9.17, 15) is 0 Å². The van der Waals surface area contributed by atoms with E-state index >= 15 is 0 Å². The van der Waals surface area contributed by atoms with Gasteiger partial charge in [0.15, 0.2) is 0 Å². The molecule has 1 aromatic carbocycles. The molecule has 0 aliphatic rings. The molecule has 0 spiro atoms. The Balaban J connectivity index is 2.42. The number of hydrogen-bond acceptors (Lipinski definition) is 3. The predicted molar refractivity (Wildman–Crippen MR) is 82.0 cm³/mol. The molecule has 0 saturated heterocycles. The molecule has 108 valence electrons. The first-order valence-corrected chi connectivity index (χ1v) is 7.18. The largest absolute Gasteiger partial charge is 0.385 e. The van der Waals surface area contributed by atoms with Gasteiger partial charge in [0, 0.05) is 26.3 Å². The van der Waals surface area contributed by atoms with Gasteiger partial charge in [0.25, 0.3) is 0 Å². The maximum absolute atomic E-state index is 6.17. The number of nitrogens with zero attached hydrogens (tertiary/aromatic N) is 1. The first kappa shape index (κ1) is 16.7. The summed E-state index contributed by atoms with van der Waals surface area (Å²) in [6.45, 7) is 2.72. The molecule has 0 heterocycles. The summed E-state index contributed by atoms with van der Waals surface area (Å²) in [6.07, 6.45) is 1.88. The van der Waals surface area contributed by atoms with Crippen molar-refractivity contribution >= 4 is 23.2 Å². The molecule has 3 nitrogen and oxygen atoms in total. The van der Waals surface area contributed by atoms with Gasteiger partial charge in [-0.25, -0.2) is 0 Å². The number of nitrogens with two attached hydrogens (primary N) is 1. The lowest BCUT2D eigenvalue weighted by atomic mass is 10.0. The summed E-state index contributed by atoms with van der Waals surface area (Å²) in [5, 5.41) is 1.13. The maximum atomic E-state index is 6.17. The van der Waals surface area contributed by atoms with Crippen molar-refractivity contribution in [2.24, 2.45) is 5.73 Å². The first-order valence-electron chi connectivity index (χ1n) is 6.43. The van der Waals surface area contributed by atoms with Crippen molar-refractivity contribution in [3.05, 3.63) is 33.8 Å². The van der Waals surface area contributed by atoms with Crippen LogP contribution < -0.4 is 5.73 Å². The lowest BCUT2D eigenvalue weighted by Crippen LogP contribution is -2.25. The SMILES string of the molecule is COCCCN(C)CCC(N)c1cccc(Cl)c1Cl. The van der Waals surface area contributed by atoms with E-state index in [-0.39, 0.29) is 6.04 Å². The highest BCUT2D eigenvalue weighted by atomic mass is 35.5. The molecular formula is C14H22Cl2N2O. The molecule has 1 rings (SSSR count). The van der Waals surface area contributed by atoms with Gasteiger partial charge >= 0.3 is 0 Å². The third kappa shape index (κ3) is 5.67. The maximum Gasteiger partial charge on any atom is 0.0640 e.